The van der Waals surface area contributed by atoms with Gasteiger partial charge in [-0.25, -0.2) is 0 Å². The summed E-state index contributed by atoms with van der Waals surface area (Å²) in [4.78, 5) is 4.73. The third kappa shape index (κ3) is 8.31. The van der Waals surface area contributed by atoms with E-state index in [1.807, 2.05) is 0 Å². The lowest BCUT2D eigenvalue weighted by atomic mass is 9.86. The monoisotopic (exact) mass is 931 g/mol. The van der Waals surface area contributed by atoms with Gasteiger partial charge in [-0.2, -0.15) is 0 Å². The fourth-order valence-electron chi connectivity index (χ4n) is 10.4. The molecule has 356 valence electrons. The maximum atomic E-state index is 6.83. The molecule has 71 heavy (non-hydrogen) atoms. The van der Waals surface area contributed by atoms with Crippen LogP contribution in [-0.2, 0) is 21.7 Å². The van der Waals surface area contributed by atoms with Crippen LogP contribution in [0.3, 0.4) is 0 Å². The maximum absolute atomic E-state index is 6.83. The van der Waals surface area contributed by atoms with Gasteiger partial charge in [-0.15, -0.1) is 0 Å². The Morgan fingerprint density at radius 2 is 0.563 bits per heavy atom. The van der Waals surface area contributed by atoms with Gasteiger partial charge in [0.1, 0.15) is 22.3 Å². The summed E-state index contributed by atoms with van der Waals surface area (Å²) in [7, 11) is 0. The van der Waals surface area contributed by atoms with Crippen molar-refractivity contribution in [3.8, 4) is 0 Å². The Bertz CT molecular complexity index is 3460. The lowest BCUT2D eigenvalue weighted by Gasteiger charge is -2.28. The van der Waals surface area contributed by atoms with E-state index in [0.717, 1.165) is 105 Å². The minimum Gasteiger partial charge on any atom is -0.456 e. The van der Waals surface area contributed by atoms with Crippen LogP contribution in [0.5, 0.6) is 0 Å². The number of furan rings is 2. The van der Waals surface area contributed by atoms with Crippen LogP contribution in [0.1, 0.15) is 111 Å². The number of nitrogens with zero attached hydrogens (tertiary/aromatic N) is 2. The molecule has 0 unspecified atom stereocenters. The normalized spacial score (nSPS) is 12.9. The second kappa shape index (κ2) is 16.4. The smallest absolute Gasteiger partial charge is 0.142 e. The number of rotatable bonds is 6. The molecule has 11 rings (SSSR count). The summed E-state index contributed by atoms with van der Waals surface area (Å²) in [6.07, 6.45) is 0. The van der Waals surface area contributed by atoms with Crippen LogP contribution >= 0.6 is 0 Å². The van der Waals surface area contributed by atoms with Crippen molar-refractivity contribution in [3.05, 3.63) is 192 Å². The number of hydrogen-bond donors (Lipinski definition) is 0. The highest BCUT2D eigenvalue weighted by Crippen LogP contribution is 2.45. The summed E-state index contributed by atoms with van der Waals surface area (Å²) in [6, 6.07) is 61.0. The van der Waals surface area contributed by atoms with Gasteiger partial charge < -0.3 is 18.6 Å². The Morgan fingerprint density at radius 1 is 0.282 bits per heavy atom. The molecule has 0 bridgehead atoms. The van der Waals surface area contributed by atoms with Crippen molar-refractivity contribution in [3.63, 3.8) is 0 Å². The third-order valence-electron chi connectivity index (χ3n) is 14.8. The van der Waals surface area contributed by atoms with Crippen molar-refractivity contribution < 1.29 is 8.83 Å². The van der Waals surface area contributed by atoms with Gasteiger partial charge in [-0.3, -0.25) is 0 Å². The molecular weight excluding hydrogens is 865 g/mol. The van der Waals surface area contributed by atoms with Crippen LogP contribution < -0.4 is 9.80 Å². The van der Waals surface area contributed by atoms with Crippen molar-refractivity contribution >= 4 is 99.5 Å². The highest BCUT2D eigenvalue weighted by Gasteiger charge is 2.23. The van der Waals surface area contributed by atoms with Crippen LogP contribution in [-0.4, -0.2) is 0 Å². The van der Waals surface area contributed by atoms with E-state index in [1.165, 1.54) is 22.3 Å². The molecule has 2 aromatic heterocycles. The summed E-state index contributed by atoms with van der Waals surface area (Å²) < 4.78 is 13.7. The number of benzene rings is 9. The first-order valence-electron chi connectivity index (χ1n) is 25.3. The Kier molecular flexibility index (Phi) is 10.6. The van der Waals surface area contributed by atoms with E-state index >= 15 is 0 Å². The van der Waals surface area contributed by atoms with Gasteiger partial charge in [0.25, 0.3) is 0 Å². The van der Waals surface area contributed by atoms with Crippen LogP contribution in [0.2, 0.25) is 0 Å². The van der Waals surface area contributed by atoms with Crippen molar-refractivity contribution in [1.82, 2.24) is 0 Å². The number of hydrogen-bond acceptors (Lipinski definition) is 4. The summed E-state index contributed by atoms with van der Waals surface area (Å²) in [5.41, 5.74) is 16.6. The predicted octanol–water partition coefficient (Wildman–Crippen LogP) is 20.2. The molecule has 0 aliphatic carbocycles. The van der Waals surface area contributed by atoms with Crippen molar-refractivity contribution in [2.24, 2.45) is 0 Å². The molecule has 2 heterocycles. The first-order valence-corrected chi connectivity index (χ1v) is 25.3. The molecule has 4 heteroatoms. The Hall–Kier alpha value is -7.30. The summed E-state index contributed by atoms with van der Waals surface area (Å²) in [5, 5.41) is 8.96. The Balaban J connectivity index is 0.988. The molecule has 0 N–H and O–H groups in total. The molecule has 0 radical (unpaired) electrons. The maximum Gasteiger partial charge on any atom is 0.142 e. The van der Waals surface area contributed by atoms with Crippen LogP contribution in [0.25, 0.3) is 65.4 Å². The molecule has 0 amide bonds. The average molecular weight is 931 g/mol. The largest absolute Gasteiger partial charge is 0.456 e. The van der Waals surface area contributed by atoms with E-state index in [1.54, 1.807) is 0 Å². The topological polar surface area (TPSA) is 32.8 Å². The van der Waals surface area contributed by atoms with Gasteiger partial charge in [0.15, 0.2) is 0 Å². The predicted molar refractivity (Wildman–Crippen MR) is 305 cm³/mol. The third-order valence-corrected chi connectivity index (χ3v) is 14.8. The van der Waals surface area contributed by atoms with Gasteiger partial charge in [-0.05, 0) is 176 Å². The van der Waals surface area contributed by atoms with Gasteiger partial charge in [0, 0.05) is 61.2 Å². The summed E-state index contributed by atoms with van der Waals surface area (Å²) >= 11 is 0. The molecule has 0 aliphatic heterocycles. The minimum absolute atomic E-state index is 0.0650. The first kappa shape index (κ1) is 46.1. The molecule has 9 aromatic carbocycles. The van der Waals surface area contributed by atoms with Gasteiger partial charge in [0.05, 0.1) is 0 Å². The van der Waals surface area contributed by atoms with Gasteiger partial charge in [0.2, 0.25) is 0 Å². The molecule has 0 aliphatic rings. The van der Waals surface area contributed by atoms with Crippen molar-refractivity contribution in [1.29, 1.82) is 0 Å². The Morgan fingerprint density at radius 3 is 0.845 bits per heavy atom. The van der Waals surface area contributed by atoms with Crippen molar-refractivity contribution in [2.75, 3.05) is 9.80 Å². The second-order valence-corrected chi connectivity index (χ2v) is 24.1. The quantitative estimate of drug-likeness (QED) is 0.166. The standard InChI is InChI=1S/C67H66N2O2/c1-41-62-58(56-36-42-14-24-54(34-44(42)38-60(56)70-62)68(50-26-16-46(17-27-50)64(2,3)4)51-28-18-47(19-29-51)65(5,6)7)40-59-57-37-43-15-25-55(35-45(43)39-61(57)71-63(41)59)69(52-30-20-48(21-31-52)66(8,9)10)53-32-22-49(23-33-53)67(11,12)13/h14-40H,1-13H3. The molecule has 11 aromatic rings. The number of aryl methyl sites for hydroxylation is 1. The fourth-order valence-corrected chi connectivity index (χ4v) is 10.4. The highest BCUT2D eigenvalue weighted by atomic mass is 16.3. The average Bonchev–Trinajstić information content (AvgIpc) is 3.87. The SMILES string of the molecule is Cc1c2oc3cc4cc(N(c5ccc(C(C)(C)C)cc5)c5ccc(C(C)(C)C)cc5)ccc4cc3c2cc2c1oc1cc3cc(N(c4ccc(C(C)(C)C)cc4)c4ccc(C(C)(C)C)cc4)ccc3cc12. The molecular formula is C67H66N2O2. The van der Waals surface area contributed by atoms with Crippen LogP contribution in [0, 0.1) is 6.92 Å². The van der Waals surface area contributed by atoms with Gasteiger partial charge >= 0.3 is 0 Å². The zero-order valence-electron chi connectivity index (χ0n) is 43.8. The number of fused-ring (bicyclic) bond motifs is 8. The second-order valence-electron chi connectivity index (χ2n) is 24.1. The van der Waals surface area contributed by atoms with Crippen LogP contribution in [0.4, 0.5) is 34.1 Å². The van der Waals surface area contributed by atoms with E-state index in [9.17, 15) is 0 Å². The zero-order valence-corrected chi connectivity index (χ0v) is 43.8. The molecule has 4 nitrogen and oxygen atoms in total. The minimum atomic E-state index is 0.0650. The molecule has 0 saturated heterocycles. The Labute approximate surface area is 419 Å². The van der Waals surface area contributed by atoms with E-state index < -0.39 is 0 Å². The molecule has 0 saturated carbocycles. The van der Waals surface area contributed by atoms with E-state index in [4.69, 9.17) is 8.83 Å². The summed E-state index contributed by atoms with van der Waals surface area (Å²) in [5.74, 6) is 0. The molecule has 0 fully saturated rings. The zero-order chi connectivity index (χ0) is 49.9. The van der Waals surface area contributed by atoms with E-state index in [0.29, 0.717) is 0 Å². The molecule has 0 spiro atoms. The highest BCUT2D eigenvalue weighted by molar-refractivity contribution is 6.20. The number of anilines is 6. The summed E-state index contributed by atoms with van der Waals surface area (Å²) in [6.45, 7) is 29.3. The van der Waals surface area contributed by atoms with Crippen molar-refractivity contribution in [2.45, 2.75) is 112 Å². The lowest BCUT2D eigenvalue weighted by Crippen LogP contribution is -2.14. The fraction of sp³-hybridized carbons (Fsp3) is 0.254. The molecule has 0 atom stereocenters. The first-order chi connectivity index (χ1) is 33.6. The van der Waals surface area contributed by atoms with E-state index in [-0.39, 0.29) is 21.7 Å². The van der Waals surface area contributed by atoms with Crippen LogP contribution in [0.15, 0.2) is 173 Å². The van der Waals surface area contributed by atoms with E-state index in [2.05, 4.69) is 264 Å². The lowest BCUT2D eigenvalue weighted by molar-refractivity contribution is 0.590. The van der Waals surface area contributed by atoms with Gasteiger partial charge in [-0.1, -0.05) is 144 Å².